The van der Waals surface area contributed by atoms with Gasteiger partial charge in [-0.2, -0.15) is 0 Å². The van der Waals surface area contributed by atoms with E-state index in [9.17, 15) is 4.39 Å². The zero-order valence-electron chi connectivity index (χ0n) is 4.70. The summed E-state index contributed by atoms with van der Waals surface area (Å²) in [7, 11) is 0. The Labute approximate surface area is 68.0 Å². The Bertz CT molecular complexity index is 82.4. The van der Waals surface area contributed by atoms with Crippen LogP contribution in [0.1, 0.15) is 6.92 Å². The van der Waals surface area contributed by atoms with E-state index in [1.807, 2.05) is 0 Å². The van der Waals surface area contributed by atoms with Gasteiger partial charge >= 0.3 is 0 Å². The monoisotopic (exact) mass is 194 g/mol. The first-order chi connectivity index (χ1) is 3.98. The molecule has 0 heterocycles. The summed E-state index contributed by atoms with van der Waals surface area (Å²) in [6.07, 6.45) is -1.84. The molecular formula is C4H6Cl3FO. The van der Waals surface area contributed by atoms with Crippen molar-refractivity contribution in [2.24, 2.45) is 0 Å². The first kappa shape index (κ1) is 9.76. The summed E-state index contributed by atoms with van der Waals surface area (Å²) in [5.41, 5.74) is 0. The minimum Gasteiger partial charge on any atom is -0.345 e. The molecule has 0 spiro atoms. The first-order valence-corrected chi connectivity index (χ1v) is 3.44. The van der Waals surface area contributed by atoms with E-state index < -0.39 is 10.2 Å². The fraction of sp³-hybridized carbons (Fsp3) is 1.00. The summed E-state index contributed by atoms with van der Waals surface area (Å²) in [6, 6.07) is 0. The molecule has 0 unspecified atom stereocenters. The second kappa shape index (κ2) is 3.81. The lowest BCUT2D eigenvalue weighted by Crippen LogP contribution is -2.23. The van der Waals surface area contributed by atoms with Gasteiger partial charge in [-0.1, -0.05) is 34.8 Å². The first-order valence-electron chi connectivity index (χ1n) is 2.31. The maximum atomic E-state index is 12.3. The zero-order chi connectivity index (χ0) is 7.49. The minimum absolute atomic E-state index is 0.190. The summed E-state index contributed by atoms with van der Waals surface area (Å²) in [6.45, 7) is 1.80. The molecule has 0 bridgehead atoms. The van der Waals surface area contributed by atoms with Gasteiger partial charge in [0, 0.05) is 6.61 Å². The number of hydrogen-bond acceptors (Lipinski definition) is 1. The molecule has 1 atom stereocenters. The van der Waals surface area contributed by atoms with Gasteiger partial charge in [0.1, 0.15) is 0 Å². The topological polar surface area (TPSA) is 9.23 Å². The Morgan fingerprint density at radius 1 is 1.56 bits per heavy atom. The molecule has 0 aliphatic rings. The van der Waals surface area contributed by atoms with Gasteiger partial charge in [0.15, 0.2) is 0 Å². The van der Waals surface area contributed by atoms with E-state index in [0.717, 1.165) is 0 Å². The van der Waals surface area contributed by atoms with E-state index in [-0.39, 0.29) is 6.61 Å². The Hall–Kier alpha value is 0.760. The van der Waals surface area contributed by atoms with Crippen molar-refractivity contribution < 1.29 is 9.13 Å². The minimum atomic E-state index is -1.96. The molecule has 9 heavy (non-hydrogen) atoms. The van der Waals surface area contributed by atoms with Gasteiger partial charge in [0.25, 0.3) is 0 Å². The maximum Gasteiger partial charge on any atom is 0.246 e. The molecular weight excluding hydrogens is 189 g/mol. The molecule has 0 radical (unpaired) electrons. The van der Waals surface area contributed by atoms with Gasteiger partial charge < -0.3 is 4.74 Å². The summed E-state index contributed by atoms with van der Waals surface area (Å²) in [5.74, 6) is 0. The average molecular weight is 195 g/mol. The molecule has 0 aromatic carbocycles. The molecule has 5 heteroatoms. The lowest BCUT2D eigenvalue weighted by Gasteiger charge is -2.15. The van der Waals surface area contributed by atoms with Crippen molar-refractivity contribution in [1.29, 1.82) is 0 Å². The van der Waals surface area contributed by atoms with E-state index in [4.69, 9.17) is 34.8 Å². The lowest BCUT2D eigenvalue weighted by atomic mass is 10.7. The van der Waals surface area contributed by atoms with Crippen molar-refractivity contribution in [1.82, 2.24) is 0 Å². The van der Waals surface area contributed by atoms with Crippen LogP contribution in [0.5, 0.6) is 0 Å². The number of halogens is 4. The Morgan fingerprint density at radius 2 is 2.00 bits per heavy atom. The summed E-state index contributed by atoms with van der Waals surface area (Å²) in [4.78, 5) is 0. The van der Waals surface area contributed by atoms with Crippen LogP contribution < -0.4 is 0 Å². The highest BCUT2D eigenvalue weighted by atomic mass is 35.6. The number of hydrogen-bond donors (Lipinski definition) is 0. The molecule has 0 amide bonds. The summed E-state index contributed by atoms with van der Waals surface area (Å²) >= 11 is 15.3. The second-order valence-corrected chi connectivity index (χ2v) is 3.68. The van der Waals surface area contributed by atoms with E-state index in [1.54, 1.807) is 6.92 Å². The van der Waals surface area contributed by atoms with Crippen molar-refractivity contribution in [3.63, 3.8) is 0 Å². The van der Waals surface area contributed by atoms with Crippen LogP contribution in [0.25, 0.3) is 0 Å². The Balaban J connectivity index is 3.59. The molecule has 0 rings (SSSR count). The molecule has 0 aromatic heterocycles. The van der Waals surface area contributed by atoms with Crippen LogP contribution in [-0.4, -0.2) is 16.8 Å². The van der Waals surface area contributed by atoms with E-state index in [2.05, 4.69) is 4.74 Å². The van der Waals surface area contributed by atoms with Gasteiger partial charge in [-0.15, -0.1) is 0 Å². The van der Waals surface area contributed by atoms with Gasteiger partial charge in [-0.05, 0) is 6.92 Å². The van der Waals surface area contributed by atoms with Gasteiger partial charge in [-0.25, -0.2) is 4.39 Å². The van der Waals surface area contributed by atoms with E-state index in [0.29, 0.717) is 0 Å². The highest BCUT2D eigenvalue weighted by Gasteiger charge is 2.33. The zero-order valence-corrected chi connectivity index (χ0v) is 6.97. The molecule has 0 N–H and O–H groups in total. The molecule has 0 aromatic rings. The SMILES string of the molecule is CCO[C@H](F)C(Cl)(Cl)Cl. The maximum absolute atomic E-state index is 12.3. The van der Waals surface area contributed by atoms with E-state index >= 15 is 0 Å². The van der Waals surface area contributed by atoms with Crippen molar-refractivity contribution in [2.75, 3.05) is 6.61 Å². The third-order valence-electron chi connectivity index (χ3n) is 0.570. The van der Waals surface area contributed by atoms with Crippen molar-refractivity contribution >= 4 is 34.8 Å². The van der Waals surface area contributed by atoms with Gasteiger partial charge in [0.05, 0.1) is 0 Å². The summed E-state index contributed by atoms with van der Waals surface area (Å²) < 4.78 is 14.7. The predicted octanol–water partition coefficient (Wildman–Crippen LogP) is 2.69. The van der Waals surface area contributed by atoms with E-state index in [1.165, 1.54) is 0 Å². The molecule has 0 aliphatic heterocycles. The van der Waals surface area contributed by atoms with Gasteiger partial charge in [0.2, 0.25) is 10.2 Å². The fourth-order valence-corrected chi connectivity index (χ4v) is 0.430. The predicted molar refractivity (Wildman–Crippen MR) is 36.8 cm³/mol. The van der Waals surface area contributed by atoms with Crippen molar-refractivity contribution in [2.45, 2.75) is 17.1 Å². The fourth-order valence-electron chi connectivity index (χ4n) is 0.241. The average Bonchev–Trinajstić information content (AvgIpc) is 1.64. The van der Waals surface area contributed by atoms with Crippen LogP contribution in [0.2, 0.25) is 0 Å². The Kier molecular flexibility index (Phi) is 4.14. The normalized spacial score (nSPS) is 15.7. The van der Waals surface area contributed by atoms with Crippen molar-refractivity contribution in [3.8, 4) is 0 Å². The largest absolute Gasteiger partial charge is 0.345 e. The van der Waals surface area contributed by atoms with Crippen LogP contribution in [0.15, 0.2) is 0 Å². The third-order valence-corrected chi connectivity index (χ3v) is 1.09. The van der Waals surface area contributed by atoms with Crippen molar-refractivity contribution in [3.05, 3.63) is 0 Å². The highest BCUT2D eigenvalue weighted by Crippen LogP contribution is 2.32. The van der Waals surface area contributed by atoms with Crippen LogP contribution >= 0.6 is 34.8 Å². The number of ether oxygens (including phenoxy) is 1. The molecule has 56 valence electrons. The summed E-state index contributed by atoms with van der Waals surface area (Å²) in [5, 5.41) is 0. The second-order valence-electron chi connectivity index (χ2n) is 1.31. The third kappa shape index (κ3) is 4.20. The molecule has 0 saturated carbocycles. The standard InChI is InChI=1S/C4H6Cl3FO/c1-2-9-3(8)4(5,6)7/h3H,2H2,1H3/t3-/m0/s1. The van der Waals surface area contributed by atoms with Crippen LogP contribution in [0.3, 0.4) is 0 Å². The van der Waals surface area contributed by atoms with Crippen LogP contribution in [-0.2, 0) is 4.74 Å². The molecule has 0 fully saturated rings. The smallest absolute Gasteiger partial charge is 0.246 e. The van der Waals surface area contributed by atoms with Gasteiger partial charge in [-0.3, -0.25) is 0 Å². The number of rotatable bonds is 2. The lowest BCUT2D eigenvalue weighted by molar-refractivity contribution is -0.0286. The quantitative estimate of drug-likeness (QED) is 0.616. The molecule has 0 aliphatic carbocycles. The van der Waals surface area contributed by atoms with Crippen LogP contribution in [0.4, 0.5) is 4.39 Å². The molecule has 0 saturated heterocycles. The molecule has 1 nitrogen and oxygen atoms in total. The Morgan fingerprint density at radius 3 is 2.11 bits per heavy atom. The number of alkyl halides is 4. The van der Waals surface area contributed by atoms with Crippen LogP contribution in [0, 0.1) is 0 Å². The highest BCUT2D eigenvalue weighted by molar-refractivity contribution is 6.67.